The SMILES string of the molecule is CCC(OC)C(=O)N1CCC(C(=O)O)(C(F)(F)F)C1. The van der Waals surface area contributed by atoms with Gasteiger partial charge in [0.05, 0.1) is 0 Å². The zero-order chi connectivity index (χ0) is 14.8. The lowest BCUT2D eigenvalue weighted by atomic mass is 9.86. The second-order valence-corrected chi connectivity index (χ2v) is 4.53. The maximum Gasteiger partial charge on any atom is 0.406 e. The van der Waals surface area contributed by atoms with Gasteiger partial charge in [-0.15, -0.1) is 0 Å². The molecule has 1 fully saturated rings. The smallest absolute Gasteiger partial charge is 0.406 e. The first-order valence-electron chi connectivity index (χ1n) is 5.81. The second-order valence-electron chi connectivity index (χ2n) is 4.53. The van der Waals surface area contributed by atoms with E-state index < -0.39 is 42.5 Å². The topological polar surface area (TPSA) is 66.8 Å². The van der Waals surface area contributed by atoms with Gasteiger partial charge in [-0.1, -0.05) is 6.92 Å². The van der Waals surface area contributed by atoms with E-state index in [1.54, 1.807) is 6.92 Å². The number of rotatable bonds is 4. The molecule has 0 aliphatic carbocycles. The molecule has 5 nitrogen and oxygen atoms in total. The highest BCUT2D eigenvalue weighted by Gasteiger charge is 2.64. The molecule has 1 aliphatic heterocycles. The van der Waals surface area contributed by atoms with Crippen LogP contribution < -0.4 is 0 Å². The summed E-state index contributed by atoms with van der Waals surface area (Å²) >= 11 is 0. The van der Waals surface area contributed by atoms with E-state index in [1.807, 2.05) is 0 Å². The van der Waals surface area contributed by atoms with Gasteiger partial charge in [0.15, 0.2) is 5.41 Å². The standard InChI is InChI=1S/C11H16F3NO4/c1-3-7(19-2)8(16)15-5-4-10(6-15,9(17)18)11(12,13)14/h7H,3-6H2,1-2H3,(H,17,18). The van der Waals surface area contributed by atoms with E-state index in [1.165, 1.54) is 7.11 Å². The second kappa shape index (κ2) is 5.36. The number of ether oxygens (including phenoxy) is 1. The maximum absolute atomic E-state index is 12.9. The highest BCUT2D eigenvalue weighted by atomic mass is 19.4. The Bertz CT molecular complexity index is 367. The summed E-state index contributed by atoms with van der Waals surface area (Å²) in [4.78, 5) is 23.8. The van der Waals surface area contributed by atoms with Gasteiger partial charge < -0.3 is 14.7 Å². The fraction of sp³-hybridized carbons (Fsp3) is 0.818. The lowest BCUT2D eigenvalue weighted by molar-refractivity contribution is -0.227. The number of carboxylic acids is 1. The fourth-order valence-corrected chi connectivity index (χ4v) is 2.17. The summed E-state index contributed by atoms with van der Waals surface area (Å²) in [6.07, 6.45) is -6.03. The maximum atomic E-state index is 12.9. The minimum atomic E-state index is -4.89. The van der Waals surface area contributed by atoms with Crippen LogP contribution in [-0.4, -0.2) is 54.4 Å². The normalized spacial score (nSPS) is 25.4. The molecule has 1 aliphatic rings. The van der Waals surface area contributed by atoms with Gasteiger partial charge in [0.25, 0.3) is 5.91 Å². The first kappa shape index (κ1) is 15.7. The van der Waals surface area contributed by atoms with Crippen molar-refractivity contribution in [3.05, 3.63) is 0 Å². The first-order chi connectivity index (χ1) is 8.69. The predicted molar refractivity (Wildman–Crippen MR) is 58.4 cm³/mol. The minimum absolute atomic E-state index is 0.232. The van der Waals surface area contributed by atoms with Crippen LogP contribution in [0, 0.1) is 5.41 Å². The Morgan fingerprint density at radius 2 is 2.05 bits per heavy atom. The van der Waals surface area contributed by atoms with Crippen molar-refractivity contribution in [1.82, 2.24) is 4.90 Å². The van der Waals surface area contributed by atoms with Crippen molar-refractivity contribution in [1.29, 1.82) is 0 Å². The van der Waals surface area contributed by atoms with E-state index in [9.17, 15) is 22.8 Å². The number of carbonyl (C=O) groups excluding carboxylic acids is 1. The Balaban J connectivity index is 2.92. The number of carbonyl (C=O) groups is 2. The molecule has 0 bridgehead atoms. The summed E-state index contributed by atoms with van der Waals surface area (Å²) in [5.74, 6) is -2.54. The summed E-state index contributed by atoms with van der Waals surface area (Å²) < 4.78 is 43.6. The van der Waals surface area contributed by atoms with Crippen molar-refractivity contribution >= 4 is 11.9 Å². The zero-order valence-electron chi connectivity index (χ0n) is 10.7. The van der Waals surface area contributed by atoms with Crippen LogP contribution in [0.3, 0.4) is 0 Å². The molecule has 1 heterocycles. The minimum Gasteiger partial charge on any atom is -0.481 e. The van der Waals surface area contributed by atoms with E-state index in [0.717, 1.165) is 4.90 Å². The highest BCUT2D eigenvalue weighted by Crippen LogP contribution is 2.45. The van der Waals surface area contributed by atoms with Gasteiger partial charge in [-0.3, -0.25) is 9.59 Å². The average Bonchev–Trinajstić information content (AvgIpc) is 2.75. The lowest BCUT2D eigenvalue weighted by Crippen LogP contribution is -2.49. The number of hydrogen-bond acceptors (Lipinski definition) is 3. The van der Waals surface area contributed by atoms with Crippen LogP contribution in [-0.2, 0) is 14.3 Å². The van der Waals surface area contributed by atoms with Crippen LogP contribution in [0.2, 0.25) is 0 Å². The molecule has 0 aromatic rings. The molecule has 2 atom stereocenters. The Hall–Kier alpha value is -1.31. The first-order valence-corrected chi connectivity index (χ1v) is 5.81. The van der Waals surface area contributed by atoms with Crippen LogP contribution in [0.5, 0.6) is 0 Å². The fourth-order valence-electron chi connectivity index (χ4n) is 2.17. The average molecular weight is 283 g/mol. The predicted octanol–water partition coefficient (Wildman–Crippen LogP) is 1.28. The third-order valence-corrected chi connectivity index (χ3v) is 3.46. The van der Waals surface area contributed by atoms with Crippen LogP contribution in [0.4, 0.5) is 13.2 Å². The molecular weight excluding hydrogens is 267 g/mol. The van der Waals surface area contributed by atoms with Gasteiger partial charge in [0, 0.05) is 20.2 Å². The van der Waals surface area contributed by atoms with E-state index >= 15 is 0 Å². The molecule has 19 heavy (non-hydrogen) atoms. The molecule has 0 aromatic carbocycles. The summed E-state index contributed by atoms with van der Waals surface area (Å²) in [7, 11) is 1.29. The summed E-state index contributed by atoms with van der Waals surface area (Å²) in [5, 5.41) is 8.86. The molecule has 1 amide bonds. The van der Waals surface area contributed by atoms with Crippen molar-refractivity contribution in [2.24, 2.45) is 5.41 Å². The van der Waals surface area contributed by atoms with E-state index in [0.29, 0.717) is 6.42 Å². The number of hydrogen-bond donors (Lipinski definition) is 1. The van der Waals surface area contributed by atoms with Crippen LogP contribution >= 0.6 is 0 Å². The van der Waals surface area contributed by atoms with Crippen molar-refractivity contribution < 1.29 is 32.6 Å². The number of aliphatic carboxylic acids is 1. The number of alkyl halides is 3. The third-order valence-electron chi connectivity index (χ3n) is 3.46. The molecule has 8 heteroatoms. The number of carboxylic acid groups (broad SMARTS) is 1. The van der Waals surface area contributed by atoms with Gasteiger partial charge in [0.1, 0.15) is 6.10 Å². The molecule has 110 valence electrons. The zero-order valence-corrected chi connectivity index (χ0v) is 10.7. The van der Waals surface area contributed by atoms with Crippen LogP contribution in [0.25, 0.3) is 0 Å². The number of amides is 1. The molecule has 0 saturated carbocycles. The van der Waals surface area contributed by atoms with Gasteiger partial charge >= 0.3 is 12.1 Å². The summed E-state index contributed by atoms with van der Waals surface area (Å²) in [6.45, 7) is 0.575. The molecule has 1 saturated heterocycles. The van der Waals surface area contributed by atoms with Crippen LogP contribution in [0.1, 0.15) is 19.8 Å². The van der Waals surface area contributed by atoms with Crippen molar-refractivity contribution in [2.45, 2.75) is 32.0 Å². The van der Waals surface area contributed by atoms with Crippen LogP contribution in [0.15, 0.2) is 0 Å². The molecule has 1 N–H and O–H groups in total. The third kappa shape index (κ3) is 2.68. The lowest BCUT2D eigenvalue weighted by Gasteiger charge is -2.28. The summed E-state index contributed by atoms with van der Waals surface area (Å²) in [6, 6.07) is 0. The molecule has 2 unspecified atom stereocenters. The molecule has 0 radical (unpaired) electrons. The number of halogens is 3. The van der Waals surface area contributed by atoms with Crippen molar-refractivity contribution in [2.75, 3.05) is 20.2 Å². The number of methoxy groups -OCH3 is 1. The number of nitrogens with zero attached hydrogens (tertiary/aromatic N) is 1. The Morgan fingerprint density at radius 3 is 2.37 bits per heavy atom. The molecule has 0 spiro atoms. The van der Waals surface area contributed by atoms with E-state index in [2.05, 4.69) is 0 Å². The van der Waals surface area contributed by atoms with E-state index in [4.69, 9.17) is 9.84 Å². The van der Waals surface area contributed by atoms with Gasteiger partial charge in [0.2, 0.25) is 0 Å². The Kier molecular flexibility index (Phi) is 4.44. The van der Waals surface area contributed by atoms with E-state index in [-0.39, 0.29) is 6.54 Å². The molecular formula is C11H16F3NO4. The Labute approximate surface area is 108 Å². The summed E-state index contributed by atoms with van der Waals surface area (Å²) in [5.41, 5.74) is -2.87. The monoisotopic (exact) mass is 283 g/mol. The Morgan fingerprint density at radius 1 is 1.47 bits per heavy atom. The van der Waals surface area contributed by atoms with Gasteiger partial charge in [-0.25, -0.2) is 0 Å². The largest absolute Gasteiger partial charge is 0.481 e. The van der Waals surface area contributed by atoms with Gasteiger partial charge in [-0.05, 0) is 12.8 Å². The highest BCUT2D eigenvalue weighted by molar-refractivity contribution is 5.84. The molecule has 0 aromatic heterocycles. The number of likely N-dealkylation sites (tertiary alicyclic amines) is 1. The van der Waals surface area contributed by atoms with Crippen molar-refractivity contribution in [3.63, 3.8) is 0 Å². The van der Waals surface area contributed by atoms with Gasteiger partial charge in [-0.2, -0.15) is 13.2 Å². The molecule has 1 rings (SSSR count). The quantitative estimate of drug-likeness (QED) is 0.844. The van der Waals surface area contributed by atoms with Crippen molar-refractivity contribution in [3.8, 4) is 0 Å².